The number of rotatable bonds is 3. The van der Waals surface area contributed by atoms with Crippen molar-refractivity contribution in [2.24, 2.45) is 5.73 Å². The zero-order valence-electron chi connectivity index (χ0n) is 13.3. The molecule has 1 amide bonds. The molecule has 3 rings (SSSR count). The summed E-state index contributed by atoms with van der Waals surface area (Å²) in [6.07, 6.45) is 2.71. The zero-order valence-corrected chi connectivity index (χ0v) is 13.3. The van der Waals surface area contributed by atoms with Gasteiger partial charge in [-0.1, -0.05) is 67.1 Å². The summed E-state index contributed by atoms with van der Waals surface area (Å²) in [6, 6.07) is 22.2. The van der Waals surface area contributed by atoms with Crippen LogP contribution in [-0.2, 0) is 0 Å². The number of benzene rings is 2. The summed E-state index contributed by atoms with van der Waals surface area (Å²) < 4.78 is 0. The highest BCUT2D eigenvalue weighted by Gasteiger charge is 2.23. The molecule has 0 radical (unpaired) electrons. The quantitative estimate of drug-likeness (QED) is 0.903. The average molecular weight is 312 g/mol. The number of nitrogens with two attached hydrogens (primary N) is 1. The first-order chi connectivity index (χ1) is 11.2. The molecular formula is C19H24N2O2. The normalized spacial score (nSPS) is 14.8. The molecule has 2 aromatic carbocycles. The fourth-order valence-corrected chi connectivity index (χ4v) is 3.06. The van der Waals surface area contributed by atoms with Crippen LogP contribution >= 0.6 is 0 Å². The van der Waals surface area contributed by atoms with E-state index >= 15 is 0 Å². The highest BCUT2D eigenvalue weighted by molar-refractivity contribution is 5.61. The molecule has 23 heavy (non-hydrogen) atoms. The number of amides is 1. The molecule has 0 unspecified atom stereocenters. The third-order valence-electron chi connectivity index (χ3n) is 3.99. The lowest BCUT2D eigenvalue weighted by molar-refractivity contribution is 0.187. The van der Waals surface area contributed by atoms with Crippen molar-refractivity contribution in [1.82, 2.24) is 4.90 Å². The molecule has 0 bridgehead atoms. The van der Waals surface area contributed by atoms with E-state index in [-0.39, 0.29) is 0 Å². The molecule has 122 valence electrons. The van der Waals surface area contributed by atoms with Crippen molar-refractivity contribution in [1.29, 1.82) is 0 Å². The van der Waals surface area contributed by atoms with Gasteiger partial charge in [0.1, 0.15) is 0 Å². The first-order valence-corrected chi connectivity index (χ1v) is 8.01. The topological polar surface area (TPSA) is 66.6 Å². The van der Waals surface area contributed by atoms with Crippen LogP contribution in [0.4, 0.5) is 4.79 Å². The minimum atomic E-state index is -1.33. The van der Waals surface area contributed by atoms with Crippen LogP contribution in [0.1, 0.15) is 36.4 Å². The number of carboxylic acid groups (broad SMARTS) is 1. The maximum Gasteiger partial charge on any atom is 0.402 e. The lowest BCUT2D eigenvalue weighted by Gasteiger charge is -2.35. The Kier molecular flexibility index (Phi) is 6.63. The molecule has 0 aliphatic carbocycles. The largest absolute Gasteiger partial charge is 0.465 e. The molecule has 4 heteroatoms. The lowest BCUT2D eigenvalue weighted by Crippen LogP contribution is -2.34. The molecular weight excluding hydrogens is 288 g/mol. The van der Waals surface area contributed by atoms with Crippen LogP contribution in [0.2, 0.25) is 0 Å². The second-order valence-electron chi connectivity index (χ2n) is 5.66. The minimum Gasteiger partial charge on any atom is -0.465 e. The number of primary amides is 1. The molecule has 1 heterocycles. The second kappa shape index (κ2) is 8.96. The predicted octanol–water partition coefficient (Wildman–Crippen LogP) is 3.89. The third kappa shape index (κ3) is 5.42. The van der Waals surface area contributed by atoms with Gasteiger partial charge in [-0.25, -0.2) is 4.79 Å². The van der Waals surface area contributed by atoms with E-state index in [0.717, 1.165) is 0 Å². The van der Waals surface area contributed by atoms with Gasteiger partial charge in [-0.3, -0.25) is 4.90 Å². The van der Waals surface area contributed by atoms with Gasteiger partial charge in [0.25, 0.3) is 0 Å². The number of hydrogen-bond donors (Lipinski definition) is 2. The predicted molar refractivity (Wildman–Crippen MR) is 92.4 cm³/mol. The van der Waals surface area contributed by atoms with Crippen molar-refractivity contribution in [2.75, 3.05) is 13.1 Å². The molecule has 1 aliphatic heterocycles. The number of piperidine rings is 1. The molecule has 3 N–H and O–H groups in total. The molecule has 0 aromatic heterocycles. The fraction of sp³-hybridized carbons (Fsp3) is 0.316. The van der Waals surface area contributed by atoms with Crippen molar-refractivity contribution in [2.45, 2.75) is 25.3 Å². The summed E-state index contributed by atoms with van der Waals surface area (Å²) in [7, 11) is 0. The van der Waals surface area contributed by atoms with Gasteiger partial charge in [0.15, 0.2) is 0 Å². The highest BCUT2D eigenvalue weighted by Crippen LogP contribution is 2.30. The van der Waals surface area contributed by atoms with Crippen molar-refractivity contribution < 1.29 is 9.90 Å². The van der Waals surface area contributed by atoms with E-state index in [0.29, 0.717) is 6.04 Å². The maximum absolute atomic E-state index is 8.78. The van der Waals surface area contributed by atoms with Crippen molar-refractivity contribution in [3.63, 3.8) is 0 Å². The van der Waals surface area contributed by atoms with E-state index in [1.54, 1.807) is 0 Å². The monoisotopic (exact) mass is 312 g/mol. The minimum absolute atomic E-state index is 0.419. The van der Waals surface area contributed by atoms with Gasteiger partial charge in [0.05, 0.1) is 6.04 Å². The first kappa shape index (κ1) is 17.0. The highest BCUT2D eigenvalue weighted by atomic mass is 16.4. The third-order valence-corrected chi connectivity index (χ3v) is 3.99. The fourth-order valence-electron chi connectivity index (χ4n) is 3.06. The molecule has 1 fully saturated rings. The zero-order chi connectivity index (χ0) is 16.5. The van der Waals surface area contributed by atoms with Crippen molar-refractivity contribution in [3.05, 3.63) is 71.8 Å². The van der Waals surface area contributed by atoms with Crippen molar-refractivity contribution >= 4 is 6.09 Å². The molecule has 0 saturated carbocycles. The van der Waals surface area contributed by atoms with Gasteiger partial charge in [0.2, 0.25) is 0 Å². The summed E-state index contributed by atoms with van der Waals surface area (Å²) in [4.78, 5) is 11.4. The first-order valence-electron chi connectivity index (χ1n) is 8.01. The van der Waals surface area contributed by atoms with Gasteiger partial charge in [0, 0.05) is 0 Å². The van der Waals surface area contributed by atoms with Crippen LogP contribution in [-0.4, -0.2) is 29.2 Å². The van der Waals surface area contributed by atoms with Gasteiger partial charge in [-0.2, -0.15) is 0 Å². The van der Waals surface area contributed by atoms with E-state index < -0.39 is 6.09 Å². The Morgan fingerprint density at radius 1 is 0.870 bits per heavy atom. The average Bonchev–Trinajstić information content (AvgIpc) is 2.58. The van der Waals surface area contributed by atoms with Gasteiger partial charge in [-0.05, 0) is 37.1 Å². The van der Waals surface area contributed by atoms with Crippen LogP contribution in [0.25, 0.3) is 0 Å². The number of carbonyl (C=O) groups is 1. The standard InChI is InChI=1S/C18H21N.CH3NO2/c1-4-10-16(11-5-1)18(17-12-6-2-7-13-17)19-14-8-3-9-15-19;2-1(3)4/h1-2,4-7,10-13,18H,3,8-9,14-15H2;2H2,(H,3,4). The molecule has 2 aromatic rings. The van der Waals surface area contributed by atoms with E-state index in [2.05, 4.69) is 71.3 Å². The Balaban J connectivity index is 0.000000433. The molecule has 1 saturated heterocycles. The lowest BCUT2D eigenvalue weighted by atomic mass is 9.95. The number of hydrogen-bond acceptors (Lipinski definition) is 2. The molecule has 0 spiro atoms. The molecule has 1 aliphatic rings. The maximum atomic E-state index is 8.78. The summed E-state index contributed by atoms with van der Waals surface area (Å²) in [6.45, 7) is 2.43. The Morgan fingerprint density at radius 3 is 1.65 bits per heavy atom. The SMILES string of the molecule is NC(=O)O.c1ccc(C(c2ccccc2)N2CCCCC2)cc1. The van der Waals surface area contributed by atoms with E-state index in [1.807, 2.05) is 0 Å². The summed E-state index contributed by atoms with van der Waals surface area (Å²) in [5.41, 5.74) is 6.85. The molecule has 4 nitrogen and oxygen atoms in total. The van der Waals surface area contributed by atoms with Crippen LogP contribution in [0.5, 0.6) is 0 Å². The Morgan fingerprint density at radius 2 is 1.26 bits per heavy atom. The van der Waals surface area contributed by atoms with Crippen LogP contribution < -0.4 is 5.73 Å². The smallest absolute Gasteiger partial charge is 0.402 e. The van der Waals surface area contributed by atoms with Crippen LogP contribution in [0, 0.1) is 0 Å². The Labute approximate surface area is 137 Å². The van der Waals surface area contributed by atoms with Gasteiger partial charge in [-0.15, -0.1) is 0 Å². The van der Waals surface area contributed by atoms with E-state index in [9.17, 15) is 0 Å². The Bertz CT molecular complexity index is 537. The molecule has 0 atom stereocenters. The van der Waals surface area contributed by atoms with Gasteiger partial charge < -0.3 is 10.8 Å². The van der Waals surface area contributed by atoms with Gasteiger partial charge >= 0.3 is 6.09 Å². The number of nitrogens with zero attached hydrogens (tertiary/aromatic N) is 1. The van der Waals surface area contributed by atoms with E-state index in [1.165, 1.54) is 43.5 Å². The summed E-state index contributed by atoms with van der Waals surface area (Å²) >= 11 is 0. The van der Waals surface area contributed by atoms with Crippen LogP contribution in [0.3, 0.4) is 0 Å². The van der Waals surface area contributed by atoms with Crippen LogP contribution in [0.15, 0.2) is 60.7 Å². The number of likely N-dealkylation sites (tertiary alicyclic amines) is 1. The summed E-state index contributed by atoms with van der Waals surface area (Å²) in [5.74, 6) is 0. The Hall–Kier alpha value is -2.33. The van der Waals surface area contributed by atoms with Crippen molar-refractivity contribution in [3.8, 4) is 0 Å². The van der Waals surface area contributed by atoms with E-state index in [4.69, 9.17) is 9.90 Å². The summed E-state index contributed by atoms with van der Waals surface area (Å²) in [5, 5.41) is 7.19. The second-order valence-corrected chi connectivity index (χ2v) is 5.66.